The molecule has 0 spiro atoms. The maximum atomic E-state index is 12.9. The van der Waals surface area contributed by atoms with Crippen LogP contribution in [0.25, 0.3) is 0 Å². The molecule has 0 aliphatic rings. The lowest BCUT2D eigenvalue weighted by Gasteiger charge is -2.11. The number of rotatable bonds is 6. The van der Waals surface area contributed by atoms with Gasteiger partial charge in [-0.05, 0) is 36.4 Å². The molecule has 172 valence electrons. The zero-order valence-corrected chi connectivity index (χ0v) is 19.6. The normalized spacial score (nSPS) is 13.8. The molecule has 0 heterocycles. The summed E-state index contributed by atoms with van der Waals surface area (Å²) in [4.78, 5) is -5.97. The van der Waals surface area contributed by atoms with Crippen molar-refractivity contribution in [3.63, 3.8) is 0 Å². The van der Waals surface area contributed by atoms with Crippen molar-refractivity contribution >= 4 is 49.7 Å². The summed E-state index contributed by atoms with van der Waals surface area (Å²) < 4.78 is 138. The zero-order chi connectivity index (χ0) is 24.2. The molecule has 0 aliphatic carbocycles. The van der Waals surface area contributed by atoms with Crippen LogP contribution in [-0.2, 0) is 49.7 Å². The van der Waals surface area contributed by atoms with Crippen LogP contribution in [0.5, 0.6) is 0 Å². The number of sulfone groups is 3. The van der Waals surface area contributed by atoms with Crippen LogP contribution >= 0.6 is 0 Å². The molecule has 2 aromatic rings. The lowest BCUT2D eigenvalue weighted by atomic mass is 10.3. The third-order valence-electron chi connectivity index (χ3n) is 3.81. The summed E-state index contributed by atoms with van der Waals surface area (Å²) in [5.74, 6) is 0. The van der Waals surface area contributed by atoms with E-state index in [4.69, 9.17) is 0 Å². The molecule has 31 heavy (non-hydrogen) atoms. The molecule has 0 saturated carbocycles. The molecular formula is C14H14O12S5. The van der Waals surface area contributed by atoms with E-state index in [2.05, 4.69) is 0 Å². The molecule has 0 saturated heterocycles. The smallest absolute Gasteiger partial charge is 0.282 e. The zero-order valence-electron chi connectivity index (χ0n) is 15.5. The van der Waals surface area contributed by atoms with Crippen LogP contribution in [0.2, 0.25) is 0 Å². The molecular weight excluding hydrogens is 520 g/mol. The van der Waals surface area contributed by atoms with Crippen LogP contribution in [0.15, 0.2) is 65.8 Å². The van der Waals surface area contributed by atoms with Crippen molar-refractivity contribution in [2.75, 3.05) is 12.5 Å². The maximum absolute atomic E-state index is 12.9. The minimum absolute atomic E-state index is 0.346. The fraction of sp³-hybridized carbons (Fsp3) is 0.143. The SMILES string of the molecule is CS(=O)(=O)c1ccc(S(=O)(=O)c2ccc(S(C)(=O)=O)c(S(=O)(=O)O)c2)cc1S(=O)(=O)O. The van der Waals surface area contributed by atoms with Crippen molar-refractivity contribution in [2.45, 2.75) is 29.4 Å². The van der Waals surface area contributed by atoms with Crippen LogP contribution < -0.4 is 0 Å². The molecule has 0 amide bonds. The van der Waals surface area contributed by atoms with Crippen molar-refractivity contribution in [2.24, 2.45) is 0 Å². The predicted octanol–water partition coefficient (Wildman–Crippen LogP) is -0.180. The van der Waals surface area contributed by atoms with E-state index in [9.17, 15) is 51.2 Å². The van der Waals surface area contributed by atoms with Gasteiger partial charge in [-0.25, -0.2) is 25.3 Å². The van der Waals surface area contributed by atoms with Crippen LogP contribution in [0.1, 0.15) is 0 Å². The van der Waals surface area contributed by atoms with Gasteiger partial charge in [0.15, 0.2) is 19.7 Å². The van der Waals surface area contributed by atoms with Crippen LogP contribution in [-0.4, -0.2) is 63.7 Å². The summed E-state index contributed by atoms with van der Waals surface area (Å²) in [6, 6.07) is 3.30. The van der Waals surface area contributed by atoms with Gasteiger partial charge in [-0.2, -0.15) is 16.8 Å². The predicted molar refractivity (Wildman–Crippen MR) is 104 cm³/mol. The number of benzene rings is 2. The quantitative estimate of drug-likeness (QED) is 0.462. The summed E-state index contributed by atoms with van der Waals surface area (Å²) in [6.07, 6.45) is 1.24. The van der Waals surface area contributed by atoms with Crippen molar-refractivity contribution in [1.82, 2.24) is 0 Å². The van der Waals surface area contributed by atoms with Gasteiger partial charge in [0.2, 0.25) is 9.84 Å². The minimum atomic E-state index is -5.20. The second kappa shape index (κ2) is 7.61. The van der Waals surface area contributed by atoms with Gasteiger partial charge in [-0.1, -0.05) is 0 Å². The molecule has 0 bridgehead atoms. The van der Waals surface area contributed by atoms with E-state index in [1.807, 2.05) is 0 Å². The summed E-state index contributed by atoms with van der Waals surface area (Å²) in [6.45, 7) is 0. The highest BCUT2D eigenvalue weighted by molar-refractivity contribution is 7.93. The lowest BCUT2D eigenvalue weighted by Crippen LogP contribution is -2.12. The van der Waals surface area contributed by atoms with Gasteiger partial charge in [0.05, 0.1) is 19.6 Å². The summed E-state index contributed by atoms with van der Waals surface area (Å²) in [5, 5.41) is 0. The van der Waals surface area contributed by atoms with Crippen molar-refractivity contribution in [1.29, 1.82) is 0 Å². The highest BCUT2D eigenvalue weighted by Crippen LogP contribution is 2.31. The highest BCUT2D eigenvalue weighted by atomic mass is 32.2. The van der Waals surface area contributed by atoms with Gasteiger partial charge in [0.1, 0.15) is 9.79 Å². The third-order valence-corrected chi connectivity index (χ3v) is 9.91. The van der Waals surface area contributed by atoms with Crippen molar-refractivity contribution in [3.05, 3.63) is 36.4 Å². The van der Waals surface area contributed by atoms with E-state index in [-0.39, 0.29) is 0 Å². The second-order valence-corrected chi connectivity index (χ2v) is 14.9. The first-order valence-electron chi connectivity index (χ1n) is 7.55. The van der Waals surface area contributed by atoms with Crippen LogP contribution in [0, 0.1) is 0 Å². The molecule has 0 radical (unpaired) electrons. The van der Waals surface area contributed by atoms with Crippen LogP contribution in [0.3, 0.4) is 0 Å². The van der Waals surface area contributed by atoms with E-state index >= 15 is 0 Å². The Kier molecular flexibility index (Phi) is 6.23. The fourth-order valence-corrected chi connectivity index (χ4v) is 8.14. The monoisotopic (exact) mass is 534 g/mol. The average molecular weight is 535 g/mol. The molecule has 12 nitrogen and oxygen atoms in total. The van der Waals surface area contributed by atoms with Gasteiger partial charge < -0.3 is 0 Å². The molecule has 17 heteroatoms. The highest BCUT2D eigenvalue weighted by Gasteiger charge is 2.29. The Bertz CT molecular complexity index is 1500. The minimum Gasteiger partial charge on any atom is -0.282 e. The van der Waals surface area contributed by atoms with E-state index in [1.54, 1.807) is 0 Å². The van der Waals surface area contributed by atoms with Crippen LogP contribution in [0.4, 0.5) is 0 Å². The molecule has 0 aliphatic heterocycles. The topological polar surface area (TPSA) is 211 Å². The molecule has 2 aromatic carbocycles. The first kappa shape index (κ1) is 25.4. The molecule has 0 aromatic heterocycles. The van der Waals surface area contributed by atoms with Crippen molar-refractivity contribution < 1.29 is 51.2 Å². The van der Waals surface area contributed by atoms with Gasteiger partial charge >= 0.3 is 0 Å². The van der Waals surface area contributed by atoms with E-state index in [0.29, 0.717) is 48.9 Å². The Morgan fingerprint density at radius 2 is 0.806 bits per heavy atom. The third kappa shape index (κ3) is 5.30. The van der Waals surface area contributed by atoms with Gasteiger partial charge in [0, 0.05) is 12.5 Å². The second-order valence-electron chi connectivity index (χ2n) is 6.21. The Morgan fingerprint density at radius 3 is 1.03 bits per heavy atom. The van der Waals surface area contributed by atoms with Gasteiger partial charge in [-0.3, -0.25) is 9.11 Å². The molecule has 0 atom stereocenters. The molecule has 2 rings (SSSR count). The summed E-state index contributed by atoms with van der Waals surface area (Å²) in [5.41, 5.74) is 0. The standard InChI is InChI=1S/C14H14O12S5/c1-27(15,16)11-5-3-9(7-13(11)30(21,22)23)29(19,20)10-4-6-12(28(2,17)18)14(8-10)31(24,25)26/h3-8H,1-2H3,(H,21,22,23)(H,24,25,26). The average Bonchev–Trinajstić information content (AvgIpc) is 2.57. The van der Waals surface area contributed by atoms with Crippen molar-refractivity contribution in [3.8, 4) is 0 Å². The van der Waals surface area contributed by atoms with E-state index < -0.39 is 79.1 Å². The Balaban J connectivity index is 2.89. The van der Waals surface area contributed by atoms with E-state index in [1.165, 1.54) is 0 Å². The first-order valence-corrected chi connectivity index (χ1v) is 15.7. The number of hydrogen-bond donors (Lipinski definition) is 2. The lowest BCUT2D eigenvalue weighted by molar-refractivity contribution is 0.477. The Morgan fingerprint density at radius 1 is 0.516 bits per heavy atom. The first-order chi connectivity index (χ1) is 13.7. The summed E-state index contributed by atoms with van der Waals surface area (Å²) >= 11 is 0. The largest absolute Gasteiger partial charge is 0.295 e. The fourth-order valence-electron chi connectivity index (χ4n) is 2.46. The van der Waals surface area contributed by atoms with Gasteiger partial charge in [0.25, 0.3) is 20.2 Å². The molecule has 0 fully saturated rings. The van der Waals surface area contributed by atoms with Gasteiger partial charge in [-0.15, -0.1) is 0 Å². The Labute approximate surface area is 178 Å². The number of hydrogen-bond acceptors (Lipinski definition) is 10. The Hall–Kier alpha value is -1.89. The van der Waals surface area contributed by atoms with E-state index in [0.717, 1.165) is 0 Å². The molecule has 0 unspecified atom stereocenters. The molecule has 2 N–H and O–H groups in total. The summed E-state index contributed by atoms with van der Waals surface area (Å²) in [7, 11) is -23.6. The maximum Gasteiger partial charge on any atom is 0.295 e.